The van der Waals surface area contributed by atoms with Gasteiger partial charge >= 0.3 is 0 Å². The van der Waals surface area contributed by atoms with E-state index >= 15 is 0 Å². The second-order valence-corrected chi connectivity index (χ2v) is 6.98. The molecule has 0 nitrogen and oxygen atoms in total. The van der Waals surface area contributed by atoms with Gasteiger partial charge in [0.05, 0.1) is 0 Å². The van der Waals surface area contributed by atoms with Gasteiger partial charge in [-0.2, -0.15) is 0 Å². The van der Waals surface area contributed by atoms with Crippen LogP contribution in [-0.4, -0.2) is 0 Å². The number of benzene rings is 4. The zero-order valence-electron chi connectivity index (χ0n) is 15.9. The molecule has 0 atom stereocenters. The van der Waals surface area contributed by atoms with Crippen molar-refractivity contribution in [2.75, 3.05) is 0 Å². The molecule has 136 valence electrons. The molecule has 4 aromatic carbocycles. The summed E-state index contributed by atoms with van der Waals surface area (Å²) in [5.74, 6) is 0.467. The van der Waals surface area contributed by atoms with E-state index in [1.807, 2.05) is 0 Å². The van der Waals surface area contributed by atoms with Crippen molar-refractivity contribution in [3.63, 3.8) is 0 Å². The molecule has 0 spiro atoms. The fraction of sp³-hybridized carbons (Fsp3) is 0.0714. The lowest BCUT2D eigenvalue weighted by atomic mass is 9.86. The Morgan fingerprint density at radius 2 is 0.536 bits per heavy atom. The lowest BCUT2D eigenvalue weighted by Crippen LogP contribution is -2.01. The van der Waals surface area contributed by atoms with Crippen LogP contribution in [0.25, 0.3) is 0 Å². The maximum Gasteiger partial charge on any atom is 0.0269 e. The number of rotatable bonds is 6. The predicted octanol–water partition coefficient (Wildman–Crippen LogP) is 7.21. The first kappa shape index (κ1) is 18.0. The van der Waals surface area contributed by atoms with Gasteiger partial charge in [0.1, 0.15) is 0 Å². The maximum atomic E-state index is 2.36. The summed E-state index contributed by atoms with van der Waals surface area (Å²) in [4.78, 5) is 0. The normalized spacial score (nSPS) is 11.4. The van der Waals surface area contributed by atoms with Crippen LogP contribution in [0.4, 0.5) is 0 Å². The molecule has 0 heterocycles. The van der Waals surface area contributed by atoms with E-state index in [2.05, 4.69) is 133 Å². The highest BCUT2D eigenvalue weighted by Crippen LogP contribution is 2.30. The van der Waals surface area contributed by atoms with E-state index < -0.39 is 0 Å². The standard InChI is InChI=1S/C28H24/c1-5-13-23(14-6-1)27(24-15-7-2-8-16-24)21-22-28(25-17-9-3-10-18-25)26-19-11-4-12-20-26/h1-22,27-28H. The Hall–Kier alpha value is -3.38. The van der Waals surface area contributed by atoms with Crippen LogP contribution in [0.1, 0.15) is 34.1 Å². The Morgan fingerprint density at radius 3 is 0.750 bits per heavy atom. The van der Waals surface area contributed by atoms with Crippen molar-refractivity contribution in [1.29, 1.82) is 0 Å². The molecular weight excluding hydrogens is 336 g/mol. The third kappa shape index (κ3) is 4.29. The third-order valence-corrected chi connectivity index (χ3v) is 5.13. The molecule has 0 saturated heterocycles. The molecule has 0 bridgehead atoms. The zero-order valence-corrected chi connectivity index (χ0v) is 15.9. The van der Waals surface area contributed by atoms with Crippen molar-refractivity contribution in [2.45, 2.75) is 11.8 Å². The summed E-state index contributed by atoms with van der Waals surface area (Å²) in [6, 6.07) is 42.9. The van der Waals surface area contributed by atoms with Crippen molar-refractivity contribution in [1.82, 2.24) is 0 Å². The van der Waals surface area contributed by atoms with Crippen molar-refractivity contribution >= 4 is 0 Å². The second-order valence-electron chi connectivity index (χ2n) is 6.98. The van der Waals surface area contributed by atoms with E-state index in [-0.39, 0.29) is 11.8 Å². The maximum absolute atomic E-state index is 2.36. The van der Waals surface area contributed by atoms with Crippen molar-refractivity contribution < 1.29 is 0 Å². The highest BCUT2D eigenvalue weighted by atomic mass is 14.2. The molecule has 0 aliphatic carbocycles. The first-order valence-corrected chi connectivity index (χ1v) is 9.80. The minimum Gasteiger partial charge on any atom is -0.0757 e. The molecule has 4 aromatic rings. The van der Waals surface area contributed by atoms with Gasteiger partial charge in [-0.15, -0.1) is 0 Å². The molecular formula is C28H24. The highest BCUT2D eigenvalue weighted by molar-refractivity contribution is 5.41. The molecule has 0 amide bonds. The molecule has 0 radical (unpaired) electrons. The summed E-state index contributed by atoms with van der Waals surface area (Å²) in [5.41, 5.74) is 5.24. The van der Waals surface area contributed by atoms with Crippen LogP contribution in [0.5, 0.6) is 0 Å². The Labute approximate surface area is 167 Å². The quantitative estimate of drug-likeness (QED) is 0.319. The monoisotopic (exact) mass is 360 g/mol. The molecule has 0 aliphatic heterocycles. The molecule has 0 N–H and O–H groups in total. The summed E-state index contributed by atoms with van der Waals surface area (Å²) in [6.45, 7) is 0. The fourth-order valence-corrected chi connectivity index (χ4v) is 3.69. The van der Waals surface area contributed by atoms with Gasteiger partial charge in [-0.1, -0.05) is 133 Å². The van der Waals surface area contributed by atoms with E-state index in [0.29, 0.717) is 0 Å². The minimum absolute atomic E-state index is 0.234. The number of allylic oxidation sites excluding steroid dienone is 2. The SMILES string of the molecule is C(=CC(c1ccccc1)c1ccccc1)C(c1ccccc1)c1ccccc1. The van der Waals surface area contributed by atoms with Crippen LogP contribution in [0.2, 0.25) is 0 Å². The first-order valence-electron chi connectivity index (χ1n) is 9.80. The van der Waals surface area contributed by atoms with Crippen LogP contribution < -0.4 is 0 Å². The molecule has 0 unspecified atom stereocenters. The summed E-state index contributed by atoms with van der Waals surface area (Å²) >= 11 is 0. The predicted molar refractivity (Wildman–Crippen MR) is 119 cm³/mol. The van der Waals surface area contributed by atoms with Gasteiger partial charge in [0.2, 0.25) is 0 Å². The van der Waals surface area contributed by atoms with Crippen LogP contribution in [0.3, 0.4) is 0 Å². The Kier molecular flexibility index (Phi) is 5.80. The molecule has 0 saturated carbocycles. The average Bonchev–Trinajstić information content (AvgIpc) is 2.79. The van der Waals surface area contributed by atoms with Gasteiger partial charge in [0, 0.05) is 11.8 Å². The summed E-state index contributed by atoms with van der Waals surface area (Å²) in [6.07, 6.45) is 4.71. The molecule has 0 aliphatic rings. The largest absolute Gasteiger partial charge is 0.0757 e. The second kappa shape index (κ2) is 9.01. The van der Waals surface area contributed by atoms with E-state index in [4.69, 9.17) is 0 Å². The molecule has 4 rings (SSSR count). The zero-order chi connectivity index (χ0) is 19.0. The van der Waals surface area contributed by atoms with Crippen LogP contribution >= 0.6 is 0 Å². The van der Waals surface area contributed by atoms with E-state index in [0.717, 1.165) is 0 Å². The number of hydrogen-bond donors (Lipinski definition) is 0. The smallest absolute Gasteiger partial charge is 0.0269 e. The van der Waals surface area contributed by atoms with Crippen molar-refractivity contribution in [3.05, 3.63) is 156 Å². The summed E-state index contributed by atoms with van der Waals surface area (Å²) in [5, 5.41) is 0. The van der Waals surface area contributed by atoms with Gasteiger partial charge in [0.15, 0.2) is 0 Å². The van der Waals surface area contributed by atoms with Crippen molar-refractivity contribution in [3.8, 4) is 0 Å². The Balaban J connectivity index is 1.75. The summed E-state index contributed by atoms with van der Waals surface area (Å²) < 4.78 is 0. The van der Waals surface area contributed by atoms with E-state index in [9.17, 15) is 0 Å². The van der Waals surface area contributed by atoms with Gasteiger partial charge in [0.25, 0.3) is 0 Å². The first-order chi connectivity index (χ1) is 13.9. The van der Waals surface area contributed by atoms with Gasteiger partial charge in [-0.05, 0) is 22.3 Å². The molecule has 0 aromatic heterocycles. The van der Waals surface area contributed by atoms with Crippen molar-refractivity contribution in [2.24, 2.45) is 0 Å². The molecule has 28 heavy (non-hydrogen) atoms. The van der Waals surface area contributed by atoms with E-state index in [1.54, 1.807) is 0 Å². The highest BCUT2D eigenvalue weighted by Gasteiger charge is 2.14. The summed E-state index contributed by atoms with van der Waals surface area (Å²) in [7, 11) is 0. The van der Waals surface area contributed by atoms with Crippen LogP contribution in [0, 0.1) is 0 Å². The van der Waals surface area contributed by atoms with Crippen LogP contribution in [-0.2, 0) is 0 Å². The van der Waals surface area contributed by atoms with Gasteiger partial charge in [-0.3, -0.25) is 0 Å². The van der Waals surface area contributed by atoms with E-state index in [1.165, 1.54) is 22.3 Å². The third-order valence-electron chi connectivity index (χ3n) is 5.13. The molecule has 0 heteroatoms. The minimum atomic E-state index is 0.234. The van der Waals surface area contributed by atoms with Crippen LogP contribution in [0.15, 0.2) is 133 Å². The Morgan fingerprint density at radius 1 is 0.321 bits per heavy atom. The topological polar surface area (TPSA) is 0 Å². The fourth-order valence-electron chi connectivity index (χ4n) is 3.69. The Bertz CT molecular complexity index is 823. The van der Waals surface area contributed by atoms with Gasteiger partial charge < -0.3 is 0 Å². The average molecular weight is 361 g/mol. The lowest BCUT2D eigenvalue weighted by molar-refractivity contribution is 0.972. The molecule has 0 fully saturated rings. The lowest BCUT2D eigenvalue weighted by Gasteiger charge is -2.18. The number of hydrogen-bond acceptors (Lipinski definition) is 0. The van der Waals surface area contributed by atoms with Gasteiger partial charge in [-0.25, -0.2) is 0 Å².